The molecule has 0 unspecified atom stereocenters. The highest BCUT2D eigenvalue weighted by Crippen LogP contribution is 2.24. The van der Waals surface area contributed by atoms with Crippen LogP contribution in [0.15, 0.2) is 54.6 Å². The van der Waals surface area contributed by atoms with Gasteiger partial charge < -0.3 is 9.97 Å². The molecule has 0 bridgehead atoms. The van der Waals surface area contributed by atoms with Crippen LogP contribution in [0.1, 0.15) is 0 Å². The second-order valence-corrected chi connectivity index (χ2v) is 5.90. The van der Waals surface area contributed by atoms with Gasteiger partial charge in [-0.2, -0.15) is 0 Å². The van der Waals surface area contributed by atoms with Crippen LogP contribution >= 0.6 is 0 Å². The van der Waals surface area contributed by atoms with E-state index in [1.165, 1.54) is 24.3 Å². The standard InChI is InChI=1S/C19H11F2N5/c20-10-4-6-12-16(8-10)25-18(23-12)14-2-1-3-15(22-14)19-24-13-7-5-11(21)9-17(13)26-19/h1-9H,(H,23,25)(H,24,26). The van der Waals surface area contributed by atoms with E-state index in [1.807, 2.05) is 6.07 Å². The van der Waals surface area contributed by atoms with Crippen LogP contribution in [0, 0.1) is 11.6 Å². The Kier molecular flexibility index (Phi) is 3.08. The molecule has 3 heterocycles. The number of hydrogen-bond donors (Lipinski definition) is 2. The average molecular weight is 347 g/mol. The third-order valence-corrected chi connectivity index (χ3v) is 4.12. The van der Waals surface area contributed by atoms with E-state index < -0.39 is 0 Å². The van der Waals surface area contributed by atoms with Gasteiger partial charge in [0.05, 0.1) is 22.1 Å². The van der Waals surface area contributed by atoms with Gasteiger partial charge in [0.15, 0.2) is 11.6 Å². The van der Waals surface area contributed by atoms with Crippen molar-refractivity contribution in [1.82, 2.24) is 24.9 Å². The largest absolute Gasteiger partial charge is 0.337 e. The summed E-state index contributed by atoms with van der Waals surface area (Å²) in [7, 11) is 0. The van der Waals surface area contributed by atoms with Crippen molar-refractivity contribution in [3.8, 4) is 23.0 Å². The van der Waals surface area contributed by atoms with Crippen LogP contribution in [0.2, 0.25) is 0 Å². The number of nitrogens with zero attached hydrogens (tertiary/aromatic N) is 3. The summed E-state index contributed by atoms with van der Waals surface area (Å²) in [6.45, 7) is 0. The zero-order valence-electron chi connectivity index (χ0n) is 13.3. The Morgan fingerprint density at radius 2 is 1.12 bits per heavy atom. The highest BCUT2D eigenvalue weighted by molar-refractivity contribution is 5.80. The van der Waals surface area contributed by atoms with E-state index in [9.17, 15) is 8.78 Å². The molecule has 0 amide bonds. The fourth-order valence-corrected chi connectivity index (χ4v) is 2.90. The minimum absolute atomic E-state index is 0.330. The number of aromatic nitrogens is 5. The number of aromatic amines is 2. The molecule has 0 fully saturated rings. The predicted molar refractivity (Wildman–Crippen MR) is 94.3 cm³/mol. The van der Waals surface area contributed by atoms with Gasteiger partial charge in [-0.05, 0) is 48.5 Å². The van der Waals surface area contributed by atoms with Gasteiger partial charge in [-0.25, -0.2) is 23.7 Å². The van der Waals surface area contributed by atoms with Crippen LogP contribution in [-0.2, 0) is 0 Å². The Hall–Kier alpha value is -3.61. The molecule has 5 rings (SSSR count). The smallest absolute Gasteiger partial charge is 0.157 e. The summed E-state index contributed by atoms with van der Waals surface area (Å²) in [4.78, 5) is 19.6. The summed E-state index contributed by atoms with van der Waals surface area (Å²) in [6, 6.07) is 14.2. The van der Waals surface area contributed by atoms with Crippen molar-refractivity contribution in [2.45, 2.75) is 0 Å². The Morgan fingerprint density at radius 1 is 0.615 bits per heavy atom. The highest BCUT2D eigenvalue weighted by Gasteiger charge is 2.11. The van der Waals surface area contributed by atoms with Gasteiger partial charge in [0.2, 0.25) is 0 Å². The number of rotatable bonds is 2. The molecule has 2 N–H and O–H groups in total. The normalized spacial score (nSPS) is 11.5. The van der Waals surface area contributed by atoms with Crippen LogP contribution in [0.5, 0.6) is 0 Å². The van der Waals surface area contributed by atoms with Crippen LogP contribution in [0.3, 0.4) is 0 Å². The first-order chi connectivity index (χ1) is 12.7. The lowest BCUT2D eigenvalue weighted by Gasteiger charge is -1.99. The van der Waals surface area contributed by atoms with E-state index in [1.54, 1.807) is 24.3 Å². The van der Waals surface area contributed by atoms with Crippen LogP contribution < -0.4 is 0 Å². The third-order valence-electron chi connectivity index (χ3n) is 4.12. The maximum atomic E-state index is 13.4. The molecule has 0 aliphatic heterocycles. The van der Waals surface area contributed by atoms with E-state index in [0.29, 0.717) is 45.1 Å². The van der Waals surface area contributed by atoms with Gasteiger partial charge in [-0.1, -0.05) is 6.07 Å². The first kappa shape index (κ1) is 14.7. The van der Waals surface area contributed by atoms with Crippen molar-refractivity contribution < 1.29 is 8.78 Å². The van der Waals surface area contributed by atoms with E-state index in [0.717, 1.165) is 0 Å². The minimum Gasteiger partial charge on any atom is -0.337 e. The van der Waals surface area contributed by atoms with Crippen molar-refractivity contribution in [2.75, 3.05) is 0 Å². The van der Waals surface area contributed by atoms with Crippen molar-refractivity contribution in [3.05, 3.63) is 66.2 Å². The summed E-state index contributed by atoms with van der Waals surface area (Å²) in [5.74, 6) is 0.414. The second-order valence-electron chi connectivity index (χ2n) is 5.90. The molecule has 5 nitrogen and oxygen atoms in total. The Morgan fingerprint density at radius 3 is 1.62 bits per heavy atom. The van der Waals surface area contributed by atoms with Gasteiger partial charge in [0.25, 0.3) is 0 Å². The molecule has 3 aromatic heterocycles. The molecule has 0 saturated heterocycles. The molecule has 0 saturated carbocycles. The van der Waals surface area contributed by atoms with E-state index in [-0.39, 0.29) is 11.6 Å². The summed E-state index contributed by atoms with van der Waals surface area (Å²) in [5, 5.41) is 0. The first-order valence-corrected chi connectivity index (χ1v) is 7.94. The molecule has 0 aliphatic carbocycles. The summed E-state index contributed by atoms with van der Waals surface area (Å²) in [5.41, 5.74) is 3.73. The molecular formula is C19H11F2N5. The molecule has 0 radical (unpaired) electrons. The topological polar surface area (TPSA) is 70.2 Å². The van der Waals surface area contributed by atoms with Crippen LogP contribution in [-0.4, -0.2) is 24.9 Å². The second kappa shape index (κ2) is 5.45. The number of benzene rings is 2. The van der Waals surface area contributed by atoms with Crippen LogP contribution in [0.4, 0.5) is 8.78 Å². The molecule has 5 aromatic rings. The number of fused-ring (bicyclic) bond motifs is 2. The first-order valence-electron chi connectivity index (χ1n) is 7.94. The molecule has 7 heteroatoms. The van der Waals surface area contributed by atoms with Crippen molar-refractivity contribution in [1.29, 1.82) is 0 Å². The van der Waals surface area contributed by atoms with E-state index in [4.69, 9.17) is 0 Å². The number of H-pyrrole nitrogens is 2. The number of pyridine rings is 1. The maximum Gasteiger partial charge on any atom is 0.157 e. The van der Waals surface area contributed by atoms with E-state index in [2.05, 4.69) is 24.9 Å². The van der Waals surface area contributed by atoms with Crippen molar-refractivity contribution >= 4 is 22.1 Å². The van der Waals surface area contributed by atoms with Gasteiger partial charge in [0.1, 0.15) is 23.0 Å². The average Bonchev–Trinajstić information content (AvgIpc) is 3.25. The van der Waals surface area contributed by atoms with Gasteiger partial charge in [0, 0.05) is 0 Å². The predicted octanol–water partition coefficient (Wildman–Crippen LogP) is 4.45. The van der Waals surface area contributed by atoms with Gasteiger partial charge in [-0.3, -0.25) is 0 Å². The SMILES string of the molecule is Fc1ccc2nc(-c3cccc(-c4nc5ccc(F)cc5[nH]4)n3)[nH]c2c1. The Bertz CT molecular complexity index is 1180. The minimum atomic E-state index is -0.330. The monoisotopic (exact) mass is 347 g/mol. The van der Waals surface area contributed by atoms with Gasteiger partial charge >= 0.3 is 0 Å². The zero-order chi connectivity index (χ0) is 17.7. The molecule has 2 aromatic carbocycles. The number of nitrogens with one attached hydrogen (secondary N) is 2. The highest BCUT2D eigenvalue weighted by atomic mass is 19.1. The molecule has 0 aliphatic rings. The van der Waals surface area contributed by atoms with Gasteiger partial charge in [-0.15, -0.1) is 0 Å². The number of imidazole rings is 2. The number of hydrogen-bond acceptors (Lipinski definition) is 3. The maximum absolute atomic E-state index is 13.4. The Balaban J connectivity index is 1.60. The number of halogens is 2. The van der Waals surface area contributed by atoms with E-state index >= 15 is 0 Å². The Labute approximate surface area is 145 Å². The molecule has 126 valence electrons. The van der Waals surface area contributed by atoms with Crippen molar-refractivity contribution in [3.63, 3.8) is 0 Å². The summed E-state index contributed by atoms with van der Waals surface area (Å²) >= 11 is 0. The quantitative estimate of drug-likeness (QED) is 0.496. The molecule has 0 atom stereocenters. The summed E-state index contributed by atoms with van der Waals surface area (Å²) < 4.78 is 26.7. The lowest BCUT2D eigenvalue weighted by Crippen LogP contribution is -1.90. The zero-order valence-corrected chi connectivity index (χ0v) is 13.3. The third kappa shape index (κ3) is 2.41. The molecule has 0 spiro atoms. The molecular weight excluding hydrogens is 336 g/mol. The van der Waals surface area contributed by atoms with Crippen molar-refractivity contribution in [2.24, 2.45) is 0 Å². The lowest BCUT2D eigenvalue weighted by atomic mass is 10.3. The fourth-order valence-electron chi connectivity index (χ4n) is 2.90. The molecule has 26 heavy (non-hydrogen) atoms. The lowest BCUT2D eigenvalue weighted by molar-refractivity contribution is 0.629. The summed E-state index contributed by atoms with van der Waals surface area (Å²) in [6.07, 6.45) is 0. The van der Waals surface area contributed by atoms with Crippen LogP contribution in [0.25, 0.3) is 45.1 Å². The fraction of sp³-hybridized carbons (Fsp3) is 0.